The second-order valence-corrected chi connectivity index (χ2v) is 7.86. The van der Waals surface area contributed by atoms with E-state index in [0.29, 0.717) is 34.2 Å². The lowest BCUT2D eigenvalue weighted by Crippen LogP contribution is -2.37. The first-order valence-electron chi connectivity index (χ1n) is 9.79. The number of likely N-dealkylation sites (N-methyl/N-ethyl adjacent to an activating group) is 1. The highest BCUT2D eigenvalue weighted by Gasteiger charge is 2.22. The van der Waals surface area contributed by atoms with Crippen LogP contribution < -0.4 is 14.8 Å². The molecule has 30 heavy (non-hydrogen) atoms. The van der Waals surface area contributed by atoms with Crippen LogP contribution in [0.1, 0.15) is 30.9 Å². The quantitative estimate of drug-likeness (QED) is 0.462. The number of ether oxygens (including phenoxy) is 2. The largest absolute Gasteiger partial charge is 0.493 e. The van der Waals surface area contributed by atoms with Crippen molar-refractivity contribution in [3.8, 4) is 11.5 Å². The van der Waals surface area contributed by atoms with Crippen LogP contribution >= 0.6 is 48.0 Å². The summed E-state index contributed by atoms with van der Waals surface area (Å²) in [6.45, 7) is 6.61. The summed E-state index contributed by atoms with van der Waals surface area (Å²) in [7, 11) is 1.63. The van der Waals surface area contributed by atoms with E-state index in [1.807, 2.05) is 36.4 Å². The monoisotopic (exact) mass is 494 g/mol. The SMILES string of the molecule is CCN1CCCC1CNCc1cc(Cl)c(OCc2ccccc2Cl)c(OC)c1.Cl.Cl. The normalized spacial score (nSPS) is 15.9. The summed E-state index contributed by atoms with van der Waals surface area (Å²) >= 11 is 12.7. The molecule has 3 rings (SSSR count). The summed E-state index contributed by atoms with van der Waals surface area (Å²) in [5.41, 5.74) is 1.98. The number of hydrogen-bond acceptors (Lipinski definition) is 4. The Morgan fingerprint density at radius 3 is 2.60 bits per heavy atom. The Kier molecular flexibility index (Phi) is 12.2. The average molecular weight is 496 g/mol. The Labute approximate surface area is 202 Å². The van der Waals surface area contributed by atoms with E-state index in [1.165, 1.54) is 19.4 Å². The van der Waals surface area contributed by atoms with Crippen molar-refractivity contribution in [3.63, 3.8) is 0 Å². The fraction of sp³-hybridized carbons (Fsp3) is 0.455. The molecule has 4 nitrogen and oxygen atoms in total. The number of halogens is 4. The maximum Gasteiger partial charge on any atom is 0.180 e. The number of hydrogen-bond donors (Lipinski definition) is 1. The first-order valence-corrected chi connectivity index (χ1v) is 10.5. The van der Waals surface area contributed by atoms with Gasteiger partial charge in [0, 0.05) is 29.7 Å². The van der Waals surface area contributed by atoms with E-state index in [1.54, 1.807) is 7.11 Å². The van der Waals surface area contributed by atoms with Crippen LogP contribution in [0.3, 0.4) is 0 Å². The summed E-state index contributed by atoms with van der Waals surface area (Å²) in [6.07, 6.45) is 2.55. The lowest BCUT2D eigenvalue weighted by Gasteiger charge is -2.23. The zero-order valence-electron chi connectivity index (χ0n) is 17.3. The highest BCUT2D eigenvalue weighted by molar-refractivity contribution is 6.32. The number of nitrogens with zero attached hydrogens (tertiary/aromatic N) is 1. The lowest BCUT2D eigenvalue weighted by atomic mass is 10.1. The molecule has 1 aliphatic rings. The number of rotatable bonds is 9. The molecule has 2 aromatic carbocycles. The van der Waals surface area contributed by atoms with Crippen molar-refractivity contribution >= 4 is 48.0 Å². The minimum absolute atomic E-state index is 0. The van der Waals surface area contributed by atoms with Crippen LogP contribution in [0.4, 0.5) is 0 Å². The number of benzene rings is 2. The predicted molar refractivity (Wildman–Crippen MR) is 130 cm³/mol. The molecule has 0 radical (unpaired) electrons. The molecule has 1 N–H and O–H groups in total. The highest BCUT2D eigenvalue weighted by Crippen LogP contribution is 2.37. The van der Waals surface area contributed by atoms with Gasteiger partial charge in [-0.05, 0) is 49.7 Å². The third-order valence-corrected chi connectivity index (χ3v) is 5.88. The van der Waals surface area contributed by atoms with E-state index in [0.717, 1.165) is 30.8 Å². The molecule has 1 fully saturated rings. The minimum Gasteiger partial charge on any atom is -0.493 e. The van der Waals surface area contributed by atoms with Gasteiger partial charge in [0.25, 0.3) is 0 Å². The van der Waals surface area contributed by atoms with Crippen LogP contribution in [-0.4, -0.2) is 37.7 Å². The van der Waals surface area contributed by atoms with Gasteiger partial charge in [-0.1, -0.05) is 48.3 Å². The molecule has 1 aliphatic heterocycles. The molecule has 1 unspecified atom stereocenters. The van der Waals surface area contributed by atoms with Crippen LogP contribution in [0.5, 0.6) is 11.5 Å². The molecule has 0 amide bonds. The Morgan fingerprint density at radius 1 is 1.13 bits per heavy atom. The van der Waals surface area contributed by atoms with Gasteiger partial charge in [0.1, 0.15) is 6.61 Å². The van der Waals surface area contributed by atoms with Gasteiger partial charge in [-0.15, -0.1) is 24.8 Å². The van der Waals surface area contributed by atoms with E-state index < -0.39 is 0 Å². The predicted octanol–water partition coefficient (Wildman–Crippen LogP) is 6.00. The smallest absolute Gasteiger partial charge is 0.180 e. The maximum absolute atomic E-state index is 6.50. The van der Waals surface area contributed by atoms with Gasteiger partial charge in [-0.2, -0.15) is 0 Å². The second kappa shape index (κ2) is 13.5. The van der Waals surface area contributed by atoms with E-state index >= 15 is 0 Å². The molecule has 1 saturated heterocycles. The van der Waals surface area contributed by atoms with Crippen LogP contribution in [0.15, 0.2) is 36.4 Å². The molecule has 168 valence electrons. The zero-order chi connectivity index (χ0) is 19.9. The summed E-state index contributed by atoms with van der Waals surface area (Å²) in [5.74, 6) is 1.17. The van der Waals surface area contributed by atoms with E-state index in [4.69, 9.17) is 32.7 Å². The van der Waals surface area contributed by atoms with Crippen molar-refractivity contribution in [1.29, 1.82) is 0 Å². The van der Waals surface area contributed by atoms with Crippen LogP contribution in [0.25, 0.3) is 0 Å². The summed E-state index contributed by atoms with van der Waals surface area (Å²) in [6, 6.07) is 12.1. The third-order valence-electron chi connectivity index (χ3n) is 5.23. The number of nitrogens with one attached hydrogen (secondary N) is 1. The molecule has 0 bridgehead atoms. The van der Waals surface area contributed by atoms with Crippen LogP contribution in [-0.2, 0) is 13.2 Å². The highest BCUT2D eigenvalue weighted by atomic mass is 35.5. The van der Waals surface area contributed by atoms with E-state index in [2.05, 4.69) is 17.1 Å². The van der Waals surface area contributed by atoms with Crippen molar-refractivity contribution in [1.82, 2.24) is 10.2 Å². The van der Waals surface area contributed by atoms with Gasteiger partial charge < -0.3 is 14.8 Å². The van der Waals surface area contributed by atoms with Gasteiger partial charge >= 0.3 is 0 Å². The summed E-state index contributed by atoms with van der Waals surface area (Å²) < 4.78 is 11.4. The van der Waals surface area contributed by atoms with Crippen molar-refractivity contribution in [2.75, 3.05) is 26.7 Å². The van der Waals surface area contributed by atoms with Crippen molar-refractivity contribution in [3.05, 3.63) is 57.6 Å². The van der Waals surface area contributed by atoms with Gasteiger partial charge in [0.05, 0.1) is 12.1 Å². The molecule has 8 heteroatoms. The Balaban J connectivity index is 0.00000225. The first kappa shape index (κ1) is 27.2. The molecule has 1 atom stereocenters. The van der Waals surface area contributed by atoms with Crippen molar-refractivity contribution in [2.45, 2.75) is 39.0 Å². The van der Waals surface area contributed by atoms with Crippen LogP contribution in [0.2, 0.25) is 10.0 Å². The summed E-state index contributed by atoms with van der Waals surface area (Å²) in [5, 5.41) is 4.77. The summed E-state index contributed by atoms with van der Waals surface area (Å²) in [4.78, 5) is 2.53. The number of likely N-dealkylation sites (tertiary alicyclic amines) is 1. The second-order valence-electron chi connectivity index (χ2n) is 7.04. The maximum atomic E-state index is 6.50. The lowest BCUT2D eigenvalue weighted by molar-refractivity contribution is 0.260. The van der Waals surface area contributed by atoms with Gasteiger partial charge in [0.2, 0.25) is 0 Å². The molecule has 2 aromatic rings. The van der Waals surface area contributed by atoms with Crippen molar-refractivity contribution in [2.24, 2.45) is 0 Å². The molecular formula is C22H30Cl4N2O2. The van der Waals surface area contributed by atoms with Gasteiger partial charge in [-0.3, -0.25) is 4.90 Å². The molecular weight excluding hydrogens is 466 g/mol. The van der Waals surface area contributed by atoms with E-state index in [9.17, 15) is 0 Å². The standard InChI is InChI=1S/C22H28Cl2N2O2.2ClH/c1-3-26-10-6-8-18(26)14-25-13-16-11-20(24)22(21(12-16)27-2)28-15-17-7-4-5-9-19(17)23;;/h4-5,7,9,11-12,18,25H,3,6,8,10,13-15H2,1-2H3;2*1H. The molecule has 0 aliphatic carbocycles. The first-order chi connectivity index (χ1) is 13.6. The molecule has 0 saturated carbocycles. The number of methoxy groups -OCH3 is 1. The topological polar surface area (TPSA) is 33.7 Å². The Morgan fingerprint density at radius 2 is 1.90 bits per heavy atom. The molecule has 1 heterocycles. The fourth-order valence-electron chi connectivity index (χ4n) is 3.71. The van der Waals surface area contributed by atoms with E-state index in [-0.39, 0.29) is 24.8 Å². The zero-order valence-corrected chi connectivity index (χ0v) is 20.5. The van der Waals surface area contributed by atoms with Crippen LogP contribution in [0, 0.1) is 0 Å². The third kappa shape index (κ3) is 7.08. The Bertz CT molecular complexity index is 792. The Hall–Kier alpha value is -0.880. The average Bonchev–Trinajstić information content (AvgIpc) is 3.15. The van der Waals surface area contributed by atoms with Gasteiger partial charge in [0.15, 0.2) is 11.5 Å². The van der Waals surface area contributed by atoms with Crippen molar-refractivity contribution < 1.29 is 9.47 Å². The van der Waals surface area contributed by atoms with Gasteiger partial charge in [-0.25, -0.2) is 0 Å². The minimum atomic E-state index is 0. The molecule has 0 aromatic heterocycles. The fourth-order valence-corrected chi connectivity index (χ4v) is 4.18. The molecule has 0 spiro atoms.